The molecule has 3 unspecified atom stereocenters. The Morgan fingerprint density at radius 2 is 2.39 bits per heavy atom. The average Bonchev–Trinajstić information content (AvgIpc) is 2.88. The van der Waals surface area contributed by atoms with Crippen LogP contribution in [0, 0.1) is 5.92 Å². The van der Waals surface area contributed by atoms with Gasteiger partial charge in [0.25, 0.3) is 0 Å². The summed E-state index contributed by atoms with van der Waals surface area (Å²) < 4.78 is 5.33. The molecule has 0 spiro atoms. The van der Waals surface area contributed by atoms with Gasteiger partial charge >= 0.3 is 0 Å². The number of likely N-dealkylation sites (N-methyl/N-ethyl adjacent to an activating group) is 1. The van der Waals surface area contributed by atoms with E-state index in [2.05, 4.69) is 15.6 Å². The zero-order chi connectivity index (χ0) is 13.0. The summed E-state index contributed by atoms with van der Waals surface area (Å²) in [6, 6.07) is 3.89. The van der Waals surface area contributed by atoms with Crippen molar-refractivity contribution in [3.8, 4) is 0 Å². The fraction of sp³-hybridized carbons (Fsp3) is 0.538. The van der Waals surface area contributed by atoms with Gasteiger partial charge in [0.15, 0.2) is 0 Å². The molecule has 98 valence electrons. The number of nitrogens with zero attached hydrogens (tertiary/aromatic N) is 1. The third kappa shape index (κ3) is 2.86. The Morgan fingerprint density at radius 3 is 3.06 bits per heavy atom. The van der Waals surface area contributed by atoms with E-state index >= 15 is 0 Å². The van der Waals surface area contributed by atoms with Crippen LogP contribution in [-0.4, -0.2) is 37.2 Å². The summed E-state index contributed by atoms with van der Waals surface area (Å²) in [6.45, 7) is 3.03. The topological polar surface area (TPSA) is 63.2 Å². The summed E-state index contributed by atoms with van der Waals surface area (Å²) in [4.78, 5) is 16.2. The van der Waals surface area contributed by atoms with Gasteiger partial charge in [-0.2, -0.15) is 0 Å². The van der Waals surface area contributed by atoms with Crippen LogP contribution in [0.15, 0.2) is 24.5 Å². The summed E-state index contributed by atoms with van der Waals surface area (Å²) in [7, 11) is 1.85. The minimum Gasteiger partial charge on any atom is -0.379 e. The molecule has 1 saturated heterocycles. The molecule has 0 aliphatic carbocycles. The summed E-state index contributed by atoms with van der Waals surface area (Å²) in [5.41, 5.74) is 1.01. The van der Waals surface area contributed by atoms with Crippen LogP contribution in [0.25, 0.3) is 0 Å². The predicted molar refractivity (Wildman–Crippen MR) is 68.0 cm³/mol. The maximum absolute atomic E-state index is 12.1. The second-order valence-corrected chi connectivity index (χ2v) is 4.56. The highest BCUT2D eigenvalue weighted by Crippen LogP contribution is 2.16. The monoisotopic (exact) mass is 249 g/mol. The first kappa shape index (κ1) is 13.0. The number of nitrogens with one attached hydrogen (secondary N) is 2. The Hall–Kier alpha value is -1.46. The van der Waals surface area contributed by atoms with Crippen LogP contribution >= 0.6 is 0 Å². The van der Waals surface area contributed by atoms with Crippen molar-refractivity contribution in [1.82, 2.24) is 15.6 Å². The minimum absolute atomic E-state index is 0.0307. The van der Waals surface area contributed by atoms with Gasteiger partial charge in [-0.25, -0.2) is 0 Å². The second-order valence-electron chi connectivity index (χ2n) is 4.56. The zero-order valence-corrected chi connectivity index (χ0v) is 10.7. The molecule has 1 aliphatic rings. The van der Waals surface area contributed by atoms with Gasteiger partial charge in [-0.15, -0.1) is 0 Å². The number of amides is 1. The normalized spacial score (nSPS) is 24.8. The minimum atomic E-state index is -0.117. The van der Waals surface area contributed by atoms with Gasteiger partial charge in [-0.05, 0) is 25.6 Å². The van der Waals surface area contributed by atoms with E-state index in [0.29, 0.717) is 13.2 Å². The Labute approximate surface area is 107 Å². The van der Waals surface area contributed by atoms with Crippen LogP contribution < -0.4 is 10.6 Å². The lowest BCUT2D eigenvalue weighted by molar-refractivity contribution is -0.126. The summed E-state index contributed by atoms with van der Waals surface area (Å²) >= 11 is 0. The quantitative estimate of drug-likeness (QED) is 0.815. The van der Waals surface area contributed by atoms with Crippen molar-refractivity contribution in [3.63, 3.8) is 0 Å². The van der Waals surface area contributed by atoms with Crippen molar-refractivity contribution in [2.24, 2.45) is 5.92 Å². The number of hydrogen-bond donors (Lipinski definition) is 2. The summed E-state index contributed by atoms with van der Waals surface area (Å²) in [5.74, 6) is -0.0858. The number of hydrogen-bond acceptors (Lipinski definition) is 4. The summed E-state index contributed by atoms with van der Waals surface area (Å²) in [5, 5.41) is 6.11. The SMILES string of the molecule is CNC1COCC1C(=O)NC(C)c1cccnc1. The largest absolute Gasteiger partial charge is 0.379 e. The van der Waals surface area contributed by atoms with Crippen LogP contribution in [0.1, 0.15) is 18.5 Å². The Bertz CT molecular complexity index is 396. The van der Waals surface area contributed by atoms with E-state index < -0.39 is 0 Å². The van der Waals surface area contributed by atoms with Gasteiger partial charge in [-0.3, -0.25) is 9.78 Å². The molecule has 1 amide bonds. The van der Waals surface area contributed by atoms with Crippen LogP contribution in [0.2, 0.25) is 0 Å². The molecule has 0 aromatic carbocycles. The van der Waals surface area contributed by atoms with Gasteiger partial charge in [0.1, 0.15) is 0 Å². The lowest BCUT2D eigenvalue weighted by Crippen LogP contribution is -2.43. The van der Waals surface area contributed by atoms with Crippen LogP contribution in [0.5, 0.6) is 0 Å². The number of ether oxygens (including phenoxy) is 1. The van der Waals surface area contributed by atoms with Gasteiger partial charge in [0.05, 0.1) is 25.2 Å². The zero-order valence-electron chi connectivity index (χ0n) is 10.7. The van der Waals surface area contributed by atoms with Crippen molar-refractivity contribution >= 4 is 5.91 Å². The number of aromatic nitrogens is 1. The van der Waals surface area contributed by atoms with Crippen molar-refractivity contribution in [1.29, 1.82) is 0 Å². The molecule has 0 bridgehead atoms. The first-order chi connectivity index (χ1) is 8.72. The van der Waals surface area contributed by atoms with Crippen LogP contribution in [0.4, 0.5) is 0 Å². The van der Waals surface area contributed by atoms with Crippen LogP contribution in [-0.2, 0) is 9.53 Å². The fourth-order valence-electron chi connectivity index (χ4n) is 2.13. The van der Waals surface area contributed by atoms with Gasteiger partial charge in [0.2, 0.25) is 5.91 Å². The molecule has 2 rings (SSSR count). The third-order valence-electron chi connectivity index (χ3n) is 3.33. The number of carbonyl (C=O) groups is 1. The van der Waals surface area contributed by atoms with Crippen LogP contribution in [0.3, 0.4) is 0 Å². The number of pyridine rings is 1. The summed E-state index contributed by atoms with van der Waals surface area (Å²) in [6.07, 6.45) is 3.49. The van der Waals surface area contributed by atoms with E-state index in [1.165, 1.54) is 0 Å². The molecule has 5 heteroatoms. The highest BCUT2D eigenvalue weighted by Gasteiger charge is 2.33. The van der Waals surface area contributed by atoms with Gasteiger partial charge in [0, 0.05) is 18.4 Å². The van der Waals surface area contributed by atoms with E-state index in [0.717, 1.165) is 5.56 Å². The highest BCUT2D eigenvalue weighted by molar-refractivity contribution is 5.80. The average molecular weight is 249 g/mol. The first-order valence-corrected chi connectivity index (χ1v) is 6.17. The molecule has 1 fully saturated rings. The van der Waals surface area contributed by atoms with Crippen molar-refractivity contribution < 1.29 is 9.53 Å². The van der Waals surface area contributed by atoms with Crippen molar-refractivity contribution in [2.75, 3.05) is 20.3 Å². The predicted octanol–water partition coefficient (Wildman–Crippen LogP) is 0.493. The second kappa shape index (κ2) is 5.93. The fourth-order valence-corrected chi connectivity index (χ4v) is 2.13. The smallest absolute Gasteiger partial charge is 0.227 e. The Morgan fingerprint density at radius 1 is 1.56 bits per heavy atom. The highest BCUT2D eigenvalue weighted by atomic mass is 16.5. The van der Waals surface area contributed by atoms with E-state index in [1.807, 2.05) is 26.1 Å². The van der Waals surface area contributed by atoms with Gasteiger partial charge < -0.3 is 15.4 Å². The molecule has 2 N–H and O–H groups in total. The number of rotatable bonds is 4. The molecule has 3 atom stereocenters. The molecule has 1 aromatic heterocycles. The first-order valence-electron chi connectivity index (χ1n) is 6.17. The van der Waals surface area contributed by atoms with E-state index in [-0.39, 0.29) is 23.9 Å². The lowest BCUT2D eigenvalue weighted by Gasteiger charge is -2.20. The molecule has 0 saturated carbocycles. The molecule has 2 heterocycles. The lowest BCUT2D eigenvalue weighted by atomic mass is 10.0. The molecule has 1 aromatic rings. The van der Waals surface area contributed by atoms with Gasteiger partial charge in [-0.1, -0.05) is 6.07 Å². The molecule has 1 aliphatic heterocycles. The maximum Gasteiger partial charge on any atom is 0.227 e. The Kier molecular flexibility index (Phi) is 4.28. The third-order valence-corrected chi connectivity index (χ3v) is 3.33. The van der Waals surface area contributed by atoms with E-state index in [4.69, 9.17) is 4.74 Å². The van der Waals surface area contributed by atoms with Crippen molar-refractivity contribution in [2.45, 2.75) is 19.0 Å². The maximum atomic E-state index is 12.1. The Balaban J connectivity index is 1.95. The molecule has 5 nitrogen and oxygen atoms in total. The molecular weight excluding hydrogens is 230 g/mol. The molecule has 18 heavy (non-hydrogen) atoms. The van der Waals surface area contributed by atoms with Crippen molar-refractivity contribution in [3.05, 3.63) is 30.1 Å². The van der Waals surface area contributed by atoms with E-state index in [1.54, 1.807) is 12.4 Å². The number of carbonyl (C=O) groups excluding carboxylic acids is 1. The van der Waals surface area contributed by atoms with E-state index in [9.17, 15) is 4.79 Å². The molecule has 0 radical (unpaired) electrons. The standard InChI is InChI=1S/C13H19N3O2/c1-9(10-4-3-5-15-6-10)16-13(17)11-7-18-8-12(11)14-2/h3-6,9,11-12,14H,7-8H2,1-2H3,(H,16,17). The molecular formula is C13H19N3O2.